The number of carbonyl (C=O) groups excluding carboxylic acids is 1. The molecule has 0 saturated heterocycles. The first kappa shape index (κ1) is 21.4. The van der Waals surface area contributed by atoms with E-state index in [0.29, 0.717) is 36.4 Å². The Kier molecular flexibility index (Phi) is 5.55. The van der Waals surface area contributed by atoms with E-state index in [-0.39, 0.29) is 17.4 Å². The van der Waals surface area contributed by atoms with E-state index in [1.165, 1.54) is 0 Å². The molecule has 4 aromatic rings. The molecule has 3 N–H and O–H groups in total. The second-order valence-corrected chi connectivity index (χ2v) is 8.26. The Morgan fingerprint density at radius 2 is 1.82 bits per heavy atom. The maximum atomic E-state index is 13.5. The molecule has 2 aromatic carbocycles. The number of nitrogens with zero attached hydrogens (tertiary/aromatic N) is 4. The van der Waals surface area contributed by atoms with Crippen LogP contribution in [-0.2, 0) is 13.0 Å². The standard InChI is InChI=1S/C26H24N6O2/c1-17-11-14-32(21-9-7-20(8-10-21)29-24(33)18-5-3-2-4-6-18)25(34)23(17)31-13-12-22-19(16-31)15-28-26(27)30-22/h2-11,14-15H,12-13,16H2,1H3,(H,29,33)(H2,27,28,30). The number of nitrogens with two attached hydrogens (primary N) is 1. The number of carbonyl (C=O) groups is 1. The summed E-state index contributed by atoms with van der Waals surface area (Å²) in [4.78, 5) is 36.4. The van der Waals surface area contributed by atoms with E-state index in [9.17, 15) is 9.59 Å². The first-order valence-corrected chi connectivity index (χ1v) is 11.0. The van der Waals surface area contributed by atoms with Gasteiger partial charge in [-0.15, -0.1) is 0 Å². The first-order chi connectivity index (χ1) is 16.5. The molecule has 0 radical (unpaired) electrons. The fourth-order valence-electron chi connectivity index (χ4n) is 4.22. The summed E-state index contributed by atoms with van der Waals surface area (Å²) >= 11 is 0. The molecular weight excluding hydrogens is 428 g/mol. The molecule has 0 fully saturated rings. The highest BCUT2D eigenvalue weighted by Crippen LogP contribution is 2.24. The molecule has 170 valence electrons. The maximum Gasteiger partial charge on any atom is 0.278 e. The zero-order valence-corrected chi connectivity index (χ0v) is 18.7. The molecule has 2 aromatic heterocycles. The van der Waals surface area contributed by atoms with E-state index in [1.54, 1.807) is 41.2 Å². The van der Waals surface area contributed by atoms with Crippen LogP contribution in [0.25, 0.3) is 5.69 Å². The summed E-state index contributed by atoms with van der Waals surface area (Å²) in [6.07, 6.45) is 4.22. The van der Waals surface area contributed by atoms with Crippen molar-refractivity contribution in [2.45, 2.75) is 19.9 Å². The lowest BCUT2D eigenvalue weighted by Crippen LogP contribution is -2.37. The van der Waals surface area contributed by atoms with E-state index >= 15 is 0 Å². The Morgan fingerprint density at radius 1 is 1.06 bits per heavy atom. The highest BCUT2D eigenvalue weighted by molar-refractivity contribution is 6.04. The first-order valence-electron chi connectivity index (χ1n) is 11.0. The number of hydrogen-bond donors (Lipinski definition) is 2. The molecule has 0 atom stereocenters. The van der Waals surface area contributed by atoms with Gasteiger partial charge in [-0.1, -0.05) is 18.2 Å². The number of benzene rings is 2. The molecule has 8 heteroatoms. The molecule has 3 heterocycles. The molecule has 8 nitrogen and oxygen atoms in total. The normalized spacial score (nSPS) is 12.8. The molecule has 0 unspecified atom stereocenters. The van der Waals surface area contributed by atoms with Gasteiger partial charge in [0.05, 0.1) is 5.69 Å². The fraction of sp³-hybridized carbons (Fsp3) is 0.154. The molecule has 0 bridgehead atoms. The molecule has 1 aliphatic rings. The van der Waals surface area contributed by atoms with Gasteiger partial charge in [0.15, 0.2) is 0 Å². The minimum atomic E-state index is -0.181. The number of fused-ring (bicyclic) bond motifs is 1. The number of aryl methyl sites for hydroxylation is 1. The number of aromatic nitrogens is 3. The summed E-state index contributed by atoms with van der Waals surface area (Å²) in [5.74, 6) is 0.0908. The quantitative estimate of drug-likeness (QED) is 0.492. The smallest absolute Gasteiger partial charge is 0.278 e. The van der Waals surface area contributed by atoms with Gasteiger partial charge in [0.2, 0.25) is 5.95 Å². The fourth-order valence-corrected chi connectivity index (χ4v) is 4.22. The Balaban J connectivity index is 1.40. The largest absolute Gasteiger partial charge is 0.368 e. The number of amides is 1. The molecule has 5 rings (SSSR count). The average molecular weight is 453 g/mol. The SMILES string of the molecule is Cc1ccn(-c2ccc(NC(=O)c3ccccc3)cc2)c(=O)c1N1CCc2nc(N)ncc2C1. The van der Waals surface area contributed by atoms with Gasteiger partial charge in [-0.2, -0.15) is 0 Å². The summed E-state index contributed by atoms with van der Waals surface area (Å²) in [5, 5.41) is 2.88. The zero-order chi connectivity index (χ0) is 23.7. The van der Waals surface area contributed by atoms with E-state index in [1.807, 2.05) is 43.3 Å². The number of nitrogen functional groups attached to an aromatic ring is 1. The highest BCUT2D eigenvalue weighted by Gasteiger charge is 2.22. The third-order valence-corrected chi connectivity index (χ3v) is 5.98. The van der Waals surface area contributed by atoms with Crippen molar-refractivity contribution in [3.63, 3.8) is 0 Å². The van der Waals surface area contributed by atoms with Crippen LogP contribution in [0.1, 0.15) is 27.2 Å². The summed E-state index contributed by atoms with van der Waals surface area (Å²) in [5.41, 5.74) is 11.1. The van der Waals surface area contributed by atoms with Crippen molar-refractivity contribution in [3.05, 3.63) is 106 Å². The number of rotatable bonds is 4. The minimum absolute atomic E-state index is 0.0964. The van der Waals surface area contributed by atoms with Crippen molar-refractivity contribution in [1.82, 2.24) is 14.5 Å². The van der Waals surface area contributed by atoms with Crippen molar-refractivity contribution >= 4 is 23.2 Å². The second kappa shape index (κ2) is 8.82. The van der Waals surface area contributed by atoms with Crippen LogP contribution in [0, 0.1) is 6.92 Å². The van der Waals surface area contributed by atoms with Crippen LogP contribution in [0.4, 0.5) is 17.3 Å². The molecule has 1 aliphatic heterocycles. The number of hydrogen-bond acceptors (Lipinski definition) is 6. The summed E-state index contributed by atoms with van der Waals surface area (Å²) in [7, 11) is 0. The van der Waals surface area contributed by atoms with Gasteiger partial charge in [-0.25, -0.2) is 9.97 Å². The molecule has 0 spiro atoms. The van der Waals surface area contributed by atoms with Crippen LogP contribution in [0.3, 0.4) is 0 Å². The second-order valence-electron chi connectivity index (χ2n) is 8.26. The van der Waals surface area contributed by atoms with Gasteiger partial charge in [0.1, 0.15) is 5.69 Å². The van der Waals surface area contributed by atoms with Crippen molar-refractivity contribution < 1.29 is 4.79 Å². The van der Waals surface area contributed by atoms with Crippen LogP contribution in [-0.4, -0.2) is 27.0 Å². The zero-order valence-electron chi connectivity index (χ0n) is 18.7. The van der Waals surface area contributed by atoms with Crippen molar-refractivity contribution in [2.75, 3.05) is 22.5 Å². The Labute approximate surface area is 196 Å². The van der Waals surface area contributed by atoms with Crippen molar-refractivity contribution in [1.29, 1.82) is 0 Å². The van der Waals surface area contributed by atoms with Crippen LogP contribution in [0.15, 0.2) is 77.9 Å². The predicted octanol–water partition coefficient (Wildman–Crippen LogP) is 3.33. The van der Waals surface area contributed by atoms with E-state index in [4.69, 9.17) is 5.73 Å². The average Bonchev–Trinajstić information content (AvgIpc) is 2.85. The monoisotopic (exact) mass is 452 g/mol. The van der Waals surface area contributed by atoms with Crippen LogP contribution >= 0.6 is 0 Å². The molecule has 1 amide bonds. The predicted molar refractivity (Wildman–Crippen MR) is 132 cm³/mol. The molecular formula is C26H24N6O2. The topological polar surface area (TPSA) is 106 Å². The number of pyridine rings is 1. The van der Waals surface area contributed by atoms with E-state index in [2.05, 4.69) is 20.2 Å². The third kappa shape index (κ3) is 4.13. The lowest BCUT2D eigenvalue weighted by molar-refractivity contribution is 0.102. The Hall–Kier alpha value is -4.46. The molecule has 0 aliphatic carbocycles. The Bertz CT molecular complexity index is 1410. The summed E-state index contributed by atoms with van der Waals surface area (Å²) in [6.45, 7) is 3.17. The molecule has 34 heavy (non-hydrogen) atoms. The summed E-state index contributed by atoms with van der Waals surface area (Å²) in [6, 6.07) is 18.2. The Morgan fingerprint density at radius 3 is 2.59 bits per heavy atom. The van der Waals surface area contributed by atoms with Crippen LogP contribution in [0.5, 0.6) is 0 Å². The maximum absolute atomic E-state index is 13.5. The van der Waals surface area contributed by atoms with Crippen molar-refractivity contribution in [3.8, 4) is 5.69 Å². The van der Waals surface area contributed by atoms with Crippen molar-refractivity contribution in [2.24, 2.45) is 0 Å². The summed E-state index contributed by atoms with van der Waals surface area (Å²) < 4.78 is 1.63. The van der Waals surface area contributed by atoms with Gasteiger partial charge in [-0.3, -0.25) is 14.2 Å². The van der Waals surface area contributed by atoms with E-state index < -0.39 is 0 Å². The van der Waals surface area contributed by atoms with E-state index in [0.717, 1.165) is 22.5 Å². The van der Waals surface area contributed by atoms with Gasteiger partial charge in [-0.05, 0) is 55.0 Å². The van der Waals surface area contributed by atoms with Gasteiger partial charge in [0, 0.05) is 54.4 Å². The van der Waals surface area contributed by atoms with Crippen LogP contribution in [0.2, 0.25) is 0 Å². The minimum Gasteiger partial charge on any atom is -0.368 e. The number of nitrogens with one attached hydrogen (secondary N) is 1. The highest BCUT2D eigenvalue weighted by atomic mass is 16.1. The van der Waals surface area contributed by atoms with Crippen LogP contribution < -0.4 is 21.5 Å². The third-order valence-electron chi connectivity index (χ3n) is 5.98. The van der Waals surface area contributed by atoms with Gasteiger partial charge >= 0.3 is 0 Å². The number of anilines is 3. The lowest BCUT2D eigenvalue weighted by atomic mass is 10.1. The molecule has 0 saturated carbocycles. The van der Waals surface area contributed by atoms with Gasteiger partial charge < -0.3 is 16.0 Å². The lowest BCUT2D eigenvalue weighted by Gasteiger charge is -2.30. The van der Waals surface area contributed by atoms with Gasteiger partial charge in [0.25, 0.3) is 11.5 Å².